The summed E-state index contributed by atoms with van der Waals surface area (Å²) in [5.41, 5.74) is 1.20. The van der Waals surface area contributed by atoms with Gasteiger partial charge in [0.05, 0.1) is 6.54 Å². The zero-order chi connectivity index (χ0) is 12.5. The third-order valence-corrected chi connectivity index (χ3v) is 2.90. The molecule has 1 fully saturated rings. The summed E-state index contributed by atoms with van der Waals surface area (Å²) < 4.78 is 26.0. The normalized spacial score (nSPS) is 19.5. The molecule has 0 radical (unpaired) electrons. The van der Waals surface area contributed by atoms with Gasteiger partial charge >= 0.3 is 7.12 Å². The third-order valence-electron chi connectivity index (χ3n) is 2.90. The molecule has 1 aromatic rings. The molecule has 0 aliphatic carbocycles. The van der Waals surface area contributed by atoms with E-state index >= 15 is 0 Å². The second-order valence-electron chi connectivity index (χ2n) is 4.44. The monoisotopic (exact) mass is 241 g/mol. The lowest BCUT2D eigenvalue weighted by Gasteiger charge is -2.16. The molecular formula is C11H14BF2NO2. The molecular weight excluding hydrogens is 227 g/mol. The summed E-state index contributed by atoms with van der Waals surface area (Å²) in [6.07, 6.45) is -0.102. The van der Waals surface area contributed by atoms with E-state index in [1.807, 2.05) is 0 Å². The van der Waals surface area contributed by atoms with Crippen molar-refractivity contribution >= 4 is 12.6 Å². The van der Waals surface area contributed by atoms with Gasteiger partial charge in [0.2, 0.25) is 0 Å². The van der Waals surface area contributed by atoms with E-state index in [-0.39, 0.29) is 13.0 Å². The van der Waals surface area contributed by atoms with E-state index in [0.29, 0.717) is 18.6 Å². The molecule has 1 saturated heterocycles. The molecule has 1 aliphatic rings. The number of rotatable bonds is 3. The number of nitrogens with zero attached hydrogens (tertiary/aromatic N) is 1. The highest BCUT2D eigenvalue weighted by atomic mass is 19.3. The predicted octanol–water partition coefficient (Wildman–Crippen LogP) is 0.207. The molecule has 0 spiro atoms. The Morgan fingerprint density at radius 1 is 1.35 bits per heavy atom. The van der Waals surface area contributed by atoms with Crippen LogP contribution in [0.25, 0.3) is 0 Å². The first kappa shape index (κ1) is 12.5. The summed E-state index contributed by atoms with van der Waals surface area (Å²) in [6, 6.07) is 6.70. The fourth-order valence-electron chi connectivity index (χ4n) is 2.05. The molecule has 0 amide bonds. The van der Waals surface area contributed by atoms with E-state index in [1.165, 1.54) is 0 Å². The van der Waals surface area contributed by atoms with Crippen LogP contribution in [0.15, 0.2) is 24.3 Å². The van der Waals surface area contributed by atoms with E-state index < -0.39 is 13.0 Å². The molecule has 0 atom stereocenters. The van der Waals surface area contributed by atoms with E-state index in [1.54, 1.807) is 29.2 Å². The number of halogens is 2. The topological polar surface area (TPSA) is 43.7 Å². The number of hydrogen-bond donors (Lipinski definition) is 2. The first-order valence-electron chi connectivity index (χ1n) is 5.51. The molecule has 0 saturated carbocycles. The van der Waals surface area contributed by atoms with Crippen molar-refractivity contribution in [2.75, 3.05) is 13.1 Å². The van der Waals surface area contributed by atoms with Gasteiger partial charge in [0.15, 0.2) is 0 Å². The van der Waals surface area contributed by atoms with Gasteiger partial charge in [-0.15, -0.1) is 0 Å². The minimum atomic E-state index is -2.59. The van der Waals surface area contributed by atoms with Gasteiger partial charge < -0.3 is 10.0 Å². The number of hydrogen-bond acceptors (Lipinski definition) is 3. The van der Waals surface area contributed by atoms with E-state index in [9.17, 15) is 8.78 Å². The molecule has 6 heteroatoms. The first-order valence-corrected chi connectivity index (χ1v) is 5.51. The fraction of sp³-hybridized carbons (Fsp3) is 0.455. The van der Waals surface area contributed by atoms with Gasteiger partial charge in [-0.3, -0.25) is 4.90 Å². The van der Waals surface area contributed by atoms with E-state index in [2.05, 4.69) is 0 Å². The van der Waals surface area contributed by atoms with Crippen LogP contribution in [0.2, 0.25) is 0 Å². The van der Waals surface area contributed by atoms with Crippen molar-refractivity contribution in [2.45, 2.75) is 18.9 Å². The van der Waals surface area contributed by atoms with Crippen molar-refractivity contribution in [3.63, 3.8) is 0 Å². The molecule has 0 aromatic heterocycles. The highest BCUT2D eigenvalue weighted by molar-refractivity contribution is 6.58. The van der Waals surface area contributed by atoms with Gasteiger partial charge in [0.25, 0.3) is 5.92 Å². The Balaban J connectivity index is 2.02. The van der Waals surface area contributed by atoms with Crippen molar-refractivity contribution < 1.29 is 18.8 Å². The molecule has 0 bridgehead atoms. The van der Waals surface area contributed by atoms with Crippen molar-refractivity contribution in [1.29, 1.82) is 0 Å². The smallest absolute Gasteiger partial charge is 0.423 e. The summed E-state index contributed by atoms with van der Waals surface area (Å²) in [7, 11) is -1.52. The standard InChI is InChI=1S/C11H14BF2NO2/c13-11(14)4-5-15(8-11)7-9-2-1-3-10(6-9)12(16)17/h1-3,6,16-17H,4-5,7-8H2. The molecule has 3 nitrogen and oxygen atoms in total. The van der Waals surface area contributed by atoms with Crippen molar-refractivity contribution in [3.05, 3.63) is 29.8 Å². The Hall–Kier alpha value is -0.975. The Bertz CT molecular complexity index is 401. The maximum atomic E-state index is 13.0. The Morgan fingerprint density at radius 2 is 2.12 bits per heavy atom. The maximum Gasteiger partial charge on any atom is 0.488 e. The fourth-order valence-corrected chi connectivity index (χ4v) is 2.05. The highest BCUT2D eigenvalue weighted by Crippen LogP contribution is 2.27. The van der Waals surface area contributed by atoms with Crippen LogP contribution in [0.5, 0.6) is 0 Å². The van der Waals surface area contributed by atoms with E-state index in [0.717, 1.165) is 5.56 Å². The zero-order valence-corrected chi connectivity index (χ0v) is 9.31. The third kappa shape index (κ3) is 3.25. The van der Waals surface area contributed by atoms with Crippen LogP contribution in [0, 0.1) is 0 Å². The minimum absolute atomic E-state index is 0.102. The van der Waals surface area contributed by atoms with Gasteiger partial charge in [-0.25, -0.2) is 8.78 Å². The van der Waals surface area contributed by atoms with Crippen LogP contribution in [0.3, 0.4) is 0 Å². The largest absolute Gasteiger partial charge is 0.488 e. The molecule has 1 aliphatic heterocycles. The molecule has 2 rings (SSSR count). The van der Waals surface area contributed by atoms with Gasteiger partial charge in [-0.2, -0.15) is 0 Å². The lowest BCUT2D eigenvalue weighted by atomic mass is 9.79. The summed E-state index contributed by atoms with van der Waals surface area (Å²) in [6.45, 7) is 0.563. The summed E-state index contributed by atoms with van der Waals surface area (Å²) in [5, 5.41) is 18.0. The number of likely N-dealkylation sites (tertiary alicyclic amines) is 1. The van der Waals surface area contributed by atoms with Crippen LogP contribution in [0.1, 0.15) is 12.0 Å². The van der Waals surface area contributed by atoms with E-state index in [4.69, 9.17) is 10.0 Å². The number of alkyl halides is 2. The van der Waals surface area contributed by atoms with Gasteiger partial charge in [-0.05, 0) is 11.0 Å². The second-order valence-corrected chi connectivity index (χ2v) is 4.44. The minimum Gasteiger partial charge on any atom is -0.423 e. The van der Waals surface area contributed by atoms with Crippen LogP contribution < -0.4 is 5.46 Å². The summed E-state index contributed by atoms with van der Waals surface area (Å²) >= 11 is 0. The molecule has 1 aromatic carbocycles. The lowest BCUT2D eigenvalue weighted by Crippen LogP contribution is -2.31. The predicted molar refractivity (Wildman–Crippen MR) is 61.1 cm³/mol. The van der Waals surface area contributed by atoms with Crippen molar-refractivity contribution in [3.8, 4) is 0 Å². The van der Waals surface area contributed by atoms with Gasteiger partial charge in [0.1, 0.15) is 0 Å². The second kappa shape index (κ2) is 4.72. The van der Waals surface area contributed by atoms with Crippen molar-refractivity contribution in [1.82, 2.24) is 4.90 Å². The Labute approximate surface area is 98.8 Å². The molecule has 2 N–H and O–H groups in total. The highest BCUT2D eigenvalue weighted by Gasteiger charge is 2.37. The lowest BCUT2D eigenvalue weighted by molar-refractivity contribution is 0.0115. The van der Waals surface area contributed by atoms with Gasteiger partial charge in [-0.1, -0.05) is 24.3 Å². The van der Waals surface area contributed by atoms with Crippen LogP contribution in [-0.2, 0) is 6.54 Å². The molecule has 1 heterocycles. The molecule has 92 valence electrons. The van der Waals surface area contributed by atoms with Crippen LogP contribution in [0.4, 0.5) is 8.78 Å². The first-order chi connectivity index (χ1) is 7.96. The van der Waals surface area contributed by atoms with Crippen LogP contribution >= 0.6 is 0 Å². The quantitative estimate of drug-likeness (QED) is 0.743. The average molecular weight is 241 g/mol. The number of benzene rings is 1. The molecule has 17 heavy (non-hydrogen) atoms. The zero-order valence-electron chi connectivity index (χ0n) is 9.31. The maximum absolute atomic E-state index is 13.0. The Kier molecular flexibility index (Phi) is 3.46. The van der Waals surface area contributed by atoms with Crippen molar-refractivity contribution in [2.24, 2.45) is 0 Å². The van der Waals surface area contributed by atoms with Gasteiger partial charge in [0, 0.05) is 19.5 Å². The Morgan fingerprint density at radius 3 is 2.71 bits per heavy atom. The molecule has 0 unspecified atom stereocenters. The average Bonchev–Trinajstić information content (AvgIpc) is 2.58. The summed E-state index contributed by atoms with van der Waals surface area (Å²) in [5.74, 6) is -2.59. The van der Waals surface area contributed by atoms with Crippen LogP contribution in [-0.4, -0.2) is 41.1 Å². The SMILES string of the molecule is OB(O)c1cccc(CN2CCC(F)(F)C2)c1. The summed E-state index contributed by atoms with van der Waals surface area (Å²) in [4.78, 5) is 1.67.